The van der Waals surface area contributed by atoms with E-state index in [4.69, 9.17) is 0 Å². The zero-order chi connectivity index (χ0) is 10.8. The highest BCUT2D eigenvalue weighted by atomic mass is 14.2. The Bertz CT molecular complexity index is 410. The van der Waals surface area contributed by atoms with Crippen molar-refractivity contribution in [2.24, 2.45) is 5.92 Å². The van der Waals surface area contributed by atoms with Gasteiger partial charge in [0.25, 0.3) is 0 Å². The van der Waals surface area contributed by atoms with Crippen molar-refractivity contribution in [3.63, 3.8) is 0 Å². The summed E-state index contributed by atoms with van der Waals surface area (Å²) >= 11 is 0. The second-order valence-electron chi connectivity index (χ2n) is 4.51. The van der Waals surface area contributed by atoms with Crippen molar-refractivity contribution in [2.45, 2.75) is 26.7 Å². The number of allylic oxidation sites excluding steroid dienone is 4. The van der Waals surface area contributed by atoms with Crippen LogP contribution in [-0.4, -0.2) is 0 Å². The van der Waals surface area contributed by atoms with Gasteiger partial charge in [0.15, 0.2) is 0 Å². The van der Waals surface area contributed by atoms with E-state index in [0.29, 0.717) is 11.8 Å². The van der Waals surface area contributed by atoms with E-state index < -0.39 is 0 Å². The van der Waals surface area contributed by atoms with Gasteiger partial charge in [-0.2, -0.15) is 0 Å². The first kappa shape index (κ1) is 10.2. The molecule has 1 aliphatic carbocycles. The van der Waals surface area contributed by atoms with Crippen molar-refractivity contribution < 1.29 is 0 Å². The minimum atomic E-state index is 0.551. The summed E-state index contributed by atoms with van der Waals surface area (Å²) in [6.45, 7) is 6.65. The van der Waals surface area contributed by atoms with E-state index in [-0.39, 0.29) is 0 Å². The van der Waals surface area contributed by atoms with Crippen LogP contribution in [-0.2, 0) is 0 Å². The molecule has 2 unspecified atom stereocenters. The van der Waals surface area contributed by atoms with Crippen molar-refractivity contribution in [2.75, 3.05) is 0 Å². The molecule has 0 heterocycles. The van der Waals surface area contributed by atoms with E-state index in [2.05, 4.69) is 63.3 Å². The standard InChI is InChI=1S/C15H18/c1-11-8-9-13(3)15(10-11)14-7-5-4-6-12(14)2/h4-10,12,14H,1-3H3. The Morgan fingerprint density at radius 3 is 2.47 bits per heavy atom. The van der Waals surface area contributed by atoms with E-state index in [1.807, 2.05) is 0 Å². The fourth-order valence-electron chi connectivity index (χ4n) is 2.22. The summed E-state index contributed by atoms with van der Waals surface area (Å²) in [7, 11) is 0. The normalized spacial score (nSPS) is 24.5. The van der Waals surface area contributed by atoms with Gasteiger partial charge in [0.05, 0.1) is 0 Å². The molecule has 0 amide bonds. The first-order valence-electron chi connectivity index (χ1n) is 5.60. The first-order valence-corrected chi connectivity index (χ1v) is 5.60. The van der Waals surface area contributed by atoms with Gasteiger partial charge in [-0.05, 0) is 30.9 Å². The smallest absolute Gasteiger partial charge is 0.00840 e. The van der Waals surface area contributed by atoms with Crippen molar-refractivity contribution >= 4 is 0 Å². The Kier molecular flexibility index (Phi) is 2.77. The Balaban J connectivity index is 2.40. The molecule has 0 aromatic heterocycles. The number of benzene rings is 1. The number of hydrogen-bond donors (Lipinski definition) is 0. The topological polar surface area (TPSA) is 0 Å². The molecule has 2 rings (SSSR count). The molecule has 0 nitrogen and oxygen atoms in total. The summed E-state index contributed by atoms with van der Waals surface area (Å²) in [5.41, 5.74) is 4.23. The third-order valence-electron chi connectivity index (χ3n) is 3.20. The van der Waals surface area contributed by atoms with Gasteiger partial charge in [0, 0.05) is 5.92 Å². The average molecular weight is 198 g/mol. The molecule has 1 aromatic carbocycles. The molecule has 0 saturated heterocycles. The molecule has 0 aliphatic heterocycles. The largest absolute Gasteiger partial charge is 0.0808 e. The van der Waals surface area contributed by atoms with Crippen LogP contribution in [0.15, 0.2) is 42.5 Å². The second-order valence-corrected chi connectivity index (χ2v) is 4.51. The molecule has 1 aliphatic rings. The SMILES string of the molecule is Cc1ccc(C)c(C2C=CC=CC2C)c1. The molecule has 0 spiro atoms. The summed E-state index contributed by atoms with van der Waals surface area (Å²) in [6.07, 6.45) is 8.90. The molecule has 0 heteroatoms. The van der Waals surface area contributed by atoms with Crippen molar-refractivity contribution in [1.29, 1.82) is 0 Å². The average Bonchev–Trinajstić information content (AvgIpc) is 2.23. The van der Waals surface area contributed by atoms with Gasteiger partial charge in [-0.3, -0.25) is 0 Å². The maximum Gasteiger partial charge on any atom is 0.00840 e. The van der Waals surface area contributed by atoms with Crippen LogP contribution in [0.25, 0.3) is 0 Å². The molecule has 0 saturated carbocycles. The van der Waals surface area contributed by atoms with Crippen molar-refractivity contribution in [3.05, 3.63) is 59.2 Å². The fourth-order valence-corrected chi connectivity index (χ4v) is 2.22. The highest BCUT2D eigenvalue weighted by Crippen LogP contribution is 2.32. The lowest BCUT2D eigenvalue weighted by Gasteiger charge is -2.23. The Hall–Kier alpha value is -1.30. The lowest BCUT2D eigenvalue weighted by Crippen LogP contribution is -2.09. The van der Waals surface area contributed by atoms with Crippen LogP contribution in [0.4, 0.5) is 0 Å². The minimum Gasteiger partial charge on any atom is -0.0808 e. The quantitative estimate of drug-likeness (QED) is 0.636. The maximum atomic E-state index is 2.32. The predicted octanol–water partition coefficient (Wildman–Crippen LogP) is 4.15. The molecule has 0 N–H and O–H groups in total. The molecular weight excluding hydrogens is 180 g/mol. The zero-order valence-corrected chi connectivity index (χ0v) is 9.70. The fraction of sp³-hybridized carbons (Fsp3) is 0.333. The summed E-state index contributed by atoms with van der Waals surface area (Å²) < 4.78 is 0. The number of aryl methyl sites for hydroxylation is 2. The van der Waals surface area contributed by atoms with Gasteiger partial charge in [0.2, 0.25) is 0 Å². The molecular formula is C15H18. The maximum absolute atomic E-state index is 2.32. The highest BCUT2D eigenvalue weighted by Gasteiger charge is 2.17. The van der Waals surface area contributed by atoms with Crippen LogP contribution < -0.4 is 0 Å². The predicted molar refractivity (Wildman–Crippen MR) is 66.1 cm³/mol. The van der Waals surface area contributed by atoms with Gasteiger partial charge in [-0.15, -0.1) is 0 Å². The summed E-state index contributed by atoms with van der Waals surface area (Å²) in [5, 5.41) is 0. The van der Waals surface area contributed by atoms with Crippen LogP contribution in [0.3, 0.4) is 0 Å². The van der Waals surface area contributed by atoms with Crippen LogP contribution in [0.1, 0.15) is 29.5 Å². The van der Waals surface area contributed by atoms with E-state index in [1.54, 1.807) is 0 Å². The van der Waals surface area contributed by atoms with E-state index in [9.17, 15) is 0 Å². The lowest BCUT2D eigenvalue weighted by atomic mass is 9.82. The Morgan fingerprint density at radius 2 is 1.73 bits per heavy atom. The van der Waals surface area contributed by atoms with Crippen LogP contribution in [0.5, 0.6) is 0 Å². The highest BCUT2D eigenvalue weighted by molar-refractivity contribution is 5.38. The van der Waals surface area contributed by atoms with E-state index in [0.717, 1.165) is 0 Å². The first-order chi connectivity index (χ1) is 7.18. The van der Waals surface area contributed by atoms with Gasteiger partial charge in [-0.25, -0.2) is 0 Å². The Morgan fingerprint density at radius 1 is 1.00 bits per heavy atom. The molecule has 0 bridgehead atoms. The second kappa shape index (κ2) is 4.06. The zero-order valence-electron chi connectivity index (χ0n) is 9.70. The van der Waals surface area contributed by atoms with Crippen molar-refractivity contribution in [3.8, 4) is 0 Å². The molecule has 2 atom stereocenters. The van der Waals surface area contributed by atoms with Crippen LogP contribution >= 0.6 is 0 Å². The number of rotatable bonds is 1. The summed E-state index contributed by atoms with van der Waals surface area (Å²) in [6, 6.07) is 6.73. The van der Waals surface area contributed by atoms with Gasteiger partial charge in [-0.1, -0.05) is 55.0 Å². The van der Waals surface area contributed by atoms with Gasteiger partial charge in [0.1, 0.15) is 0 Å². The van der Waals surface area contributed by atoms with Crippen LogP contribution in [0, 0.1) is 19.8 Å². The molecule has 1 aromatic rings. The molecule has 15 heavy (non-hydrogen) atoms. The van der Waals surface area contributed by atoms with E-state index >= 15 is 0 Å². The Labute approximate surface area is 92.3 Å². The molecule has 78 valence electrons. The van der Waals surface area contributed by atoms with Gasteiger partial charge < -0.3 is 0 Å². The lowest BCUT2D eigenvalue weighted by molar-refractivity contribution is 0.632. The van der Waals surface area contributed by atoms with Crippen molar-refractivity contribution in [1.82, 2.24) is 0 Å². The third-order valence-corrected chi connectivity index (χ3v) is 3.20. The third kappa shape index (κ3) is 2.04. The monoisotopic (exact) mass is 198 g/mol. The summed E-state index contributed by atoms with van der Waals surface area (Å²) in [5.74, 6) is 1.16. The minimum absolute atomic E-state index is 0.551. The summed E-state index contributed by atoms with van der Waals surface area (Å²) in [4.78, 5) is 0. The molecule has 0 fully saturated rings. The van der Waals surface area contributed by atoms with Gasteiger partial charge >= 0.3 is 0 Å². The van der Waals surface area contributed by atoms with Crippen LogP contribution in [0.2, 0.25) is 0 Å². The molecule has 0 radical (unpaired) electrons. The number of hydrogen-bond acceptors (Lipinski definition) is 0. The van der Waals surface area contributed by atoms with E-state index in [1.165, 1.54) is 16.7 Å².